The van der Waals surface area contributed by atoms with E-state index in [1.807, 2.05) is 0 Å². The lowest BCUT2D eigenvalue weighted by Crippen LogP contribution is -2.11. The van der Waals surface area contributed by atoms with Gasteiger partial charge in [0.15, 0.2) is 5.82 Å². The Morgan fingerprint density at radius 1 is 1.60 bits per heavy atom. The highest BCUT2D eigenvalue weighted by Crippen LogP contribution is 2.16. The second-order valence-corrected chi connectivity index (χ2v) is 3.69. The average molecular weight is 274 g/mol. The van der Waals surface area contributed by atoms with Crippen molar-refractivity contribution in [2.45, 2.75) is 6.92 Å². The van der Waals surface area contributed by atoms with Crippen LogP contribution in [0.3, 0.4) is 0 Å². The van der Waals surface area contributed by atoms with Gasteiger partial charge in [-0.2, -0.15) is 5.10 Å². The van der Waals surface area contributed by atoms with E-state index < -0.39 is 11.9 Å². The Morgan fingerprint density at radius 2 is 2.20 bits per heavy atom. The molecule has 0 atom stereocenters. The molecule has 6 nitrogen and oxygen atoms in total. The zero-order chi connectivity index (χ0) is 11.6. The van der Waals surface area contributed by atoms with Crippen LogP contribution in [0.15, 0.2) is 11.1 Å². The molecule has 80 valence electrons. The molecule has 1 aromatic rings. The molecule has 0 spiro atoms. The van der Waals surface area contributed by atoms with Crippen LogP contribution in [0.5, 0.6) is 0 Å². The predicted octanol–water partition coefficient (Wildman–Crippen LogP) is 1.26. The zero-order valence-corrected chi connectivity index (χ0v) is 9.38. The van der Waals surface area contributed by atoms with Crippen LogP contribution in [0, 0.1) is 6.92 Å². The lowest BCUT2D eigenvalue weighted by atomic mass is 10.2. The molecule has 0 unspecified atom stereocenters. The molecule has 15 heavy (non-hydrogen) atoms. The number of rotatable bonds is 3. The molecule has 1 rings (SSSR count). The van der Waals surface area contributed by atoms with Crippen LogP contribution in [0.2, 0.25) is 0 Å². The molecule has 0 bridgehead atoms. The normalized spacial score (nSPS) is 9.73. The number of carbonyl (C=O) groups excluding carboxylic acids is 1. The maximum atomic E-state index is 11.2. The van der Waals surface area contributed by atoms with Crippen LogP contribution < -0.4 is 5.32 Å². The van der Waals surface area contributed by atoms with Crippen LogP contribution >= 0.6 is 15.9 Å². The second kappa shape index (κ2) is 4.26. The first-order valence-corrected chi connectivity index (χ1v) is 4.66. The van der Waals surface area contributed by atoms with Crippen LogP contribution in [-0.2, 0) is 4.79 Å². The van der Waals surface area contributed by atoms with Crippen molar-refractivity contribution in [3.8, 4) is 0 Å². The van der Waals surface area contributed by atoms with Crippen molar-refractivity contribution in [3.63, 3.8) is 0 Å². The highest BCUT2D eigenvalue weighted by molar-refractivity contribution is 9.12. The largest absolute Gasteiger partial charge is 0.477 e. The van der Waals surface area contributed by atoms with Crippen molar-refractivity contribution in [2.24, 2.45) is 0 Å². The van der Waals surface area contributed by atoms with Gasteiger partial charge in [0.1, 0.15) is 5.69 Å². The van der Waals surface area contributed by atoms with Gasteiger partial charge in [-0.15, -0.1) is 0 Å². The van der Waals surface area contributed by atoms with E-state index in [-0.39, 0.29) is 16.0 Å². The molecule has 0 aliphatic heterocycles. The van der Waals surface area contributed by atoms with E-state index >= 15 is 0 Å². The minimum Gasteiger partial charge on any atom is -0.477 e. The van der Waals surface area contributed by atoms with Crippen LogP contribution in [0.1, 0.15) is 16.1 Å². The number of nitrogens with zero attached hydrogens (tertiary/aromatic N) is 1. The molecule has 0 saturated heterocycles. The summed E-state index contributed by atoms with van der Waals surface area (Å²) in [5.74, 6) is -1.42. The van der Waals surface area contributed by atoms with Crippen molar-refractivity contribution >= 4 is 33.6 Å². The van der Waals surface area contributed by atoms with Gasteiger partial charge in [-0.25, -0.2) is 4.79 Å². The quantitative estimate of drug-likeness (QED) is 0.723. The minimum absolute atomic E-state index is 0.0505. The number of aromatic carboxylic acids is 1. The molecule has 0 aliphatic carbocycles. The average Bonchev–Trinajstić information content (AvgIpc) is 2.48. The summed E-state index contributed by atoms with van der Waals surface area (Å²) in [7, 11) is 0. The van der Waals surface area contributed by atoms with E-state index in [0.29, 0.717) is 5.56 Å². The van der Waals surface area contributed by atoms with E-state index in [2.05, 4.69) is 38.0 Å². The summed E-state index contributed by atoms with van der Waals surface area (Å²) in [6.07, 6.45) is 0. The molecule has 7 heteroatoms. The van der Waals surface area contributed by atoms with Crippen molar-refractivity contribution in [2.75, 3.05) is 5.32 Å². The van der Waals surface area contributed by atoms with Crippen molar-refractivity contribution < 1.29 is 14.7 Å². The third kappa shape index (κ3) is 2.44. The first-order valence-electron chi connectivity index (χ1n) is 3.87. The number of aromatic amines is 1. The fraction of sp³-hybridized carbons (Fsp3) is 0.125. The molecule has 1 heterocycles. The monoisotopic (exact) mass is 273 g/mol. The van der Waals surface area contributed by atoms with E-state index in [0.717, 1.165) is 0 Å². The summed E-state index contributed by atoms with van der Waals surface area (Å²) in [6, 6.07) is 0. The summed E-state index contributed by atoms with van der Waals surface area (Å²) in [5, 5.41) is 17.1. The number of nitrogens with one attached hydrogen (secondary N) is 2. The molecule has 0 saturated carbocycles. The van der Waals surface area contributed by atoms with Crippen molar-refractivity contribution in [1.82, 2.24) is 10.2 Å². The Morgan fingerprint density at radius 3 is 2.60 bits per heavy atom. The van der Waals surface area contributed by atoms with Gasteiger partial charge in [0.2, 0.25) is 0 Å². The maximum Gasteiger partial charge on any atom is 0.354 e. The van der Waals surface area contributed by atoms with Gasteiger partial charge in [0, 0.05) is 5.56 Å². The fourth-order valence-electron chi connectivity index (χ4n) is 0.903. The third-order valence-corrected chi connectivity index (χ3v) is 2.06. The summed E-state index contributed by atoms with van der Waals surface area (Å²) >= 11 is 2.90. The van der Waals surface area contributed by atoms with E-state index in [1.165, 1.54) is 0 Å². The second-order valence-electron chi connectivity index (χ2n) is 2.74. The molecule has 0 aliphatic rings. The van der Waals surface area contributed by atoms with Gasteiger partial charge in [-0.1, -0.05) is 6.58 Å². The molecular formula is C8H8BrN3O3. The standard InChI is InChI=1S/C8H8BrN3O3/c1-3-5(8(14)15)11-12-6(3)10-7(13)4(2)9/h2H2,1H3,(H,14,15)(H2,10,11,12,13). The Labute approximate surface area is 93.5 Å². The number of H-pyrrole nitrogens is 1. The number of carboxylic acid groups (broad SMARTS) is 1. The number of halogens is 1. The number of anilines is 1. The number of carboxylic acids is 1. The lowest BCUT2D eigenvalue weighted by Gasteiger charge is -2.00. The number of hydrogen-bond acceptors (Lipinski definition) is 3. The predicted molar refractivity (Wildman–Crippen MR) is 57.0 cm³/mol. The van der Waals surface area contributed by atoms with Gasteiger partial charge in [0.05, 0.1) is 4.48 Å². The van der Waals surface area contributed by atoms with Crippen molar-refractivity contribution in [3.05, 3.63) is 22.3 Å². The summed E-state index contributed by atoms with van der Waals surface area (Å²) in [5.41, 5.74) is 0.315. The Hall–Kier alpha value is -1.63. The van der Waals surface area contributed by atoms with E-state index in [9.17, 15) is 9.59 Å². The fourth-order valence-corrected chi connectivity index (χ4v) is 1.00. The first-order chi connectivity index (χ1) is 6.93. The smallest absolute Gasteiger partial charge is 0.354 e. The summed E-state index contributed by atoms with van der Waals surface area (Å²) in [6.45, 7) is 4.91. The van der Waals surface area contributed by atoms with E-state index in [1.54, 1.807) is 6.92 Å². The summed E-state index contributed by atoms with van der Waals surface area (Å²) in [4.78, 5) is 21.8. The number of carbonyl (C=O) groups is 2. The highest BCUT2D eigenvalue weighted by atomic mass is 79.9. The minimum atomic E-state index is -1.13. The number of amides is 1. The molecule has 0 fully saturated rings. The van der Waals surface area contributed by atoms with Gasteiger partial charge in [-0.05, 0) is 22.9 Å². The Kier molecular flexibility index (Phi) is 3.25. The molecule has 1 aromatic heterocycles. The van der Waals surface area contributed by atoms with E-state index in [4.69, 9.17) is 5.11 Å². The van der Waals surface area contributed by atoms with Gasteiger partial charge in [0.25, 0.3) is 5.91 Å². The van der Waals surface area contributed by atoms with Crippen molar-refractivity contribution in [1.29, 1.82) is 0 Å². The highest BCUT2D eigenvalue weighted by Gasteiger charge is 2.16. The molecule has 1 amide bonds. The van der Waals surface area contributed by atoms with Gasteiger partial charge < -0.3 is 10.4 Å². The maximum absolute atomic E-state index is 11.2. The van der Waals surface area contributed by atoms with Crippen LogP contribution in [-0.4, -0.2) is 27.2 Å². The molecular weight excluding hydrogens is 266 g/mol. The topological polar surface area (TPSA) is 95.1 Å². The summed E-state index contributed by atoms with van der Waals surface area (Å²) < 4.78 is 0.141. The van der Waals surface area contributed by atoms with Crippen LogP contribution in [0.4, 0.5) is 5.82 Å². The van der Waals surface area contributed by atoms with Gasteiger partial charge >= 0.3 is 5.97 Å². The Bertz CT molecular complexity index is 438. The third-order valence-electron chi connectivity index (χ3n) is 1.70. The SMILES string of the molecule is C=C(Br)C(=O)Nc1n[nH]c(C(=O)O)c1C. The number of hydrogen-bond donors (Lipinski definition) is 3. The number of aromatic nitrogens is 2. The zero-order valence-electron chi connectivity index (χ0n) is 7.80. The lowest BCUT2D eigenvalue weighted by molar-refractivity contribution is -0.112. The molecule has 0 aromatic carbocycles. The Balaban J connectivity index is 2.93. The van der Waals surface area contributed by atoms with Crippen LogP contribution in [0.25, 0.3) is 0 Å². The molecule has 3 N–H and O–H groups in total. The molecule has 0 radical (unpaired) electrons. The first kappa shape index (κ1) is 11.4. The van der Waals surface area contributed by atoms with Gasteiger partial charge in [-0.3, -0.25) is 9.89 Å².